The molecule has 0 aliphatic carbocycles. The van der Waals surface area contributed by atoms with Crippen molar-refractivity contribution in [2.75, 3.05) is 26.4 Å². The second-order valence-electron chi connectivity index (χ2n) is 4.45. The van der Waals surface area contributed by atoms with E-state index in [9.17, 15) is 4.39 Å². The second-order valence-corrected chi connectivity index (χ2v) is 5.24. The van der Waals surface area contributed by atoms with Gasteiger partial charge >= 0.3 is 0 Å². The lowest BCUT2D eigenvalue weighted by Gasteiger charge is -2.25. The Morgan fingerprint density at radius 2 is 2.21 bits per heavy atom. The Hall–Kier alpha value is -0.390. The standard InChI is InChI=1S/C13H16Cl2FNO2/c1-8(17-6-9-7-18-4-5-19-9)12-10(14)2-3-11(16)13(12)15/h2-3,8-9,17H,4-7H2,1H3. The number of halogens is 3. The van der Waals surface area contributed by atoms with Gasteiger partial charge in [0, 0.05) is 23.2 Å². The first-order chi connectivity index (χ1) is 9.09. The smallest absolute Gasteiger partial charge is 0.142 e. The molecule has 6 heteroatoms. The van der Waals surface area contributed by atoms with Crippen LogP contribution in [0.2, 0.25) is 10.0 Å². The maximum atomic E-state index is 13.5. The van der Waals surface area contributed by atoms with Gasteiger partial charge in [-0.05, 0) is 19.1 Å². The third-order valence-corrected chi connectivity index (χ3v) is 3.76. The van der Waals surface area contributed by atoms with Gasteiger partial charge in [0.25, 0.3) is 0 Å². The van der Waals surface area contributed by atoms with E-state index in [0.29, 0.717) is 37.0 Å². The van der Waals surface area contributed by atoms with Crippen molar-refractivity contribution in [2.45, 2.75) is 19.1 Å². The van der Waals surface area contributed by atoms with Gasteiger partial charge in [-0.1, -0.05) is 23.2 Å². The third kappa shape index (κ3) is 3.80. The molecule has 0 amide bonds. The SMILES string of the molecule is CC(NCC1COCCO1)c1c(Cl)ccc(F)c1Cl. The fourth-order valence-electron chi connectivity index (χ4n) is 2.00. The average Bonchev–Trinajstić information content (AvgIpc) is 2.42. The molecule has 0 saturated carbocycles. The molecule has 1 N–H and O–H groups in total. The van der Waals surface area contributed by atoms with Crippen LogP contribution in [0.25, 0.3) is 0 Å². The summed E-state index contributed by atoms with van der Waals surface area (Å²) in [6.45, 7) is 4.28. The van der Waals surface area contributed by atoms with E-state index in [1.165, 1.54) is 12.1 Å². The molecule has 0 radical (unpaired) electrons. The van der Waals surface area contributed by atoms with Crippen LogP contribution in [0.15, 0.2) is 12.1 Å². The van der Waals surface area contributed by atoms with E-state index in [4.69, 9.17) is 32.7 Å². The molecule has 1 heterocycles. The summed E-state index contributed by atoms with van der Waals surface area (Å²) in [5, 5.41) is 3.75. The van der Waals surface area contributed by atoms with Crippen molar-refractivity contribution in [1.82, 2.24) is 5.32 Å². The number of hydrogen-bond donors (Lipinski definition) is 1. The van der Waals surface area contributed by atoms with Gasteiger partial charge in [0.05, 0.1) is 30.9 Å². The molecule has 0 bridgehead atoms. The van der Waals surface area contributed by atoms with Crippen molar-refractivity contribution < 1.29 is 13.9 Å². The van der Waals surface area contributed by atoms with Gasteiger partial charge in [-0.25, -0.2) is 4.39 Å². The third-order valence-electron chi connectivity index (χ3n) is 3.05. The lowest BCUT2D eigenvalue weighted by Crippen LogP contribution is -2.38. The van der Waals surface area contributed by atoms with Crippen molar-refractivity contribution in [3.05, 3.63) is 33.6 Å². The van der Waals surface area contributed by atoms with Gasteiger partial charge in [0.15, 0.2) is 0 Å². The molecule has 2 unspecified atom stereocenters. The molecule has 3 nitrogen and oxygen atoms in total. The van der Waals surface area contributed by atoms with Crippen LogP contribution < -0.4 is 5.32 Å². The lowest BCUT2D eigenvalue weighted by molar-refractivity contribution is -0.0869. The molecule has 2 rings (SSSR count). The van der Waals surface area contributed by atoms with Crippen LogP contribution in [0.5, 0.6) is 0 Å². The summed E-state index contributed by atoms with van der Waals surface area (Å²) in [6, 6.07) is 2.61. The summed E-state index contributed by atoms with van der Waals surface area (Å²) in [5.74, 6) is -0.466. The Labute approximate surface area is 122 Å². The van der Waals surface area contributed by atoms with Gasteiger partial charge in [-0.15, -0.1) is 0 Å². The number of rotatable bonds is 4. The lowest BCUT2D eigenvalue weighted by atomic mass is 10.1. The number of hydrogen-bond acceptors (Lipinski definition) is 3. The van der Waals surface area contributed by atoms with Crippen LogP contribution in [-0.2, 0) is 9.47 Å². The minimum absolute atomic E-state index is 0.00214. The number of benzene rings is 1. The maximum absolute atomic E-state index is 13.5. The summed E-state index contributed by atoms with van der Waals surface area (Å²) in [5.41, 5.74) is 0.570. The fraction of sp³-hybridized carbons (Fsp3) is 0.538. The molecule has 0 aromatic heterocycles. The number of ether oxygens (including phenoxy) is 2. The zero-order valence-electron chi connectivity index (χ0n) is 10.6. The van der Waals surface area contributed by atoms with Crippen LogP contribution in [-0.4, -0.2) is 32.5 Å². The van der Waals surface area contributed by atoms with Crippen molar-refractivity contribution in [2.24, 2.45) is 0 Å². The summed E-state index contributed by atoms with van der Waals surface area (Å²) < 4.78 is 24.3. The van der Waals surface area contributed by atoms with Gasteiger partial charge in [-0.2, -0.15) is 0 Å². The zero-order valence-corrected chi connectivity index (χ0v) is 12.1. The Kier molecular flexibility index (Phi) is 5.42. The summed E-state index contributed by atoms with van der Waals surface area (Å²) in [6.07, 6.45) is 0.00214. The Morgan fingerprint density at radius 1 is 1.42 bits per heavy atom. The Balaban J connectivity index is 1.99. The molecule has 2 atom stereocenters. The molecule has 0 spiro atoms. The van der Waals surface area contributed by atoms with E-state index in [-0.39, 0.29) is 17.2 Å². The molecule has 1 aliphatic heterocycles. The molecule has 19 heavy (non-hydrogen) atoms. The molecule has 1 fully saturated rings. The quantitative estimate of drug-likeness (QED) is 0.867. The summed E-state index contributed by atoms with van der Waals surface area (Å²) in [7, 11) is 0. The van der Waals surface area contributed by atoms with Crippen LogP contribution in [0, 0.1) is 5.82 Å². The molecule has 1 aliphatic rings. The maximum Gasteiger partial charge on any atom is 0.142 e. The van der Waals surface area contributed by atoms with Crippen LogP contribution in [0.1, 0.15) is 18.5 Å². The topological polar surface area (TPSA) is 30.5 Å². The van der Waals surface area contributed by atoms with E-state index in [2.05, 4.69) is 5.32 Å². The number of nitrogens with one attached hydrogen (secondary N) is 1. The zero-order chi connectivity index (χ0) is 13.8. The largest absolute Gasteiger partial charge is 0.376 e. The van der Waals surface area contributed by atoms with E-state index in [0.717, 1.165) is 0 Å². The molecule has 1 aromatic carbocycles. The first-order valence-corrected chi connectivity index (χ1v) is 6.91. The highest BCUT2D eigenvalue weighted by Crippen LogP contribution is 2.32. The highest BCUT2D eigenvalue weighted by Gasteiger charge is 2.19. The highest BCUT2D eigenvalue weighted by atomic mass is 35.5. The molecule has 106 valence electrons. The van der Waals surface area contributed by atoms with E-state index in [1.807, 2.05) is 6.92 Å². The molecule has 1 saturated heterocycles. The first-order valence-electron chi connectivity index (χ1n) is 6.15. The van der Waals surface area contributed by atoms with Crippen LogP contribution in [0.3, 0.4) is 0 Å². The molecule has 1 aromatic rings. The van der Waals surface area contributed by atoms with E-state index < -0.39 is 5.82 Å². The van der Waals surface area contributed by atoms with Crippen molar-refractivity contribution >= 4 is 23.2 Å². The van der Waals surface area contributed by atoms with E-state index in [1.54, 1.807) is 0 Å². The van der Waals surface area contributed by atoms with Gasteiger partial charge < -0.3 is 14.8 Å². The van der Waals surface area contributed by atoms with Crippen LogP contribution in [0.4, 0.5) is 4.39 Å². The Morgan fingerprint density at radius 3 is 2.89 bits per heavy atom. The van der Waals surface area contributed by atoms with Crippen LogP contribution >= 0.6 is 23.2 Å². The average molecular weight is 308 g/mol. The second kappa shape index (κ2) is 6.86. The fourth-order valence-corrected chi connectivity index (χ4v) is 2.70. The first kappa shape index (κ1) is 15.0. The summed E-state index contributed by atoms with van der Waals surface area (Å²) in [4.78, 5) is 0. The highest BCUT2D eigenvalue weighted by molar-refractivity contribution is 6.36. The predicted octanol–water partition coefficient (Wildman–Crippen LogP) is 3.20. The predicted molar refractivity (Wildman–Crippen MR) is 73.4 cm³/mol. The monoisotopic (exact) mass is 307 g/mol. The van der Waals surface area contributed by atoms with Gasteiger partial charge in [-0.3, -0.25) is 0 Å². The van der Waals surface area contributed by atoms with Crippen molar-refractivity contribution in [1.29, 1.82) is 0 Å². The molecular formula is C13H16Cl2FNO2. The van der Waals surface area contributed by atoms with Gasteiger partial charge in [0.2, 0.25) is 0 Å². The van der Waals surface area contributed by atoms with E-state index >= 15 is 0 Å². The van der Waals surface area contributed by atoms with Crippen molar-refractivity contribution in [3.8, 4) is 0 Å². The minimum Gasteiger partial charge on any atom is -0.376 e. The van der Waals surface area contributed by atoms with Gasteiger partial charge in [0.1, 0.15) is 5.82 Å². The Bertz CT molecular complexity index is 439. The normalized spacial score (nSPS) is 21.4. The summed E-state index contributed by atoms with van der Waals surface area (Å²) >= 11 is 12.0. The van der Waals surface area contributed by atoms with Crippen molar-refractivity contribution in [3.63, 3.8) is 0 Å². The minimum atomic E-state index is -0.466. The molecular weight excluding hydrogens is 292 g/mol.